The number of anilines is 1. The maximum absolute atomic E-state index is 10.0. The van der Waals surface area contributed by atoms with E-state index in [1.54, 1.807) is 0 Å². The highest BCUT2D eigenvalue weighted by molar-refractivity contribution is 5.82. The molecule has 4 rings (SSSR count). The third kappa shape index (κ3) is 3.11. The quantitative estimate of drug-likeness (QED) is 0.898. The van der Waals surface area contributed by atoms with Gasteiger partial charge in [-0.15, -0.1) is 0 Å². The van der Waals surface area contributed by atoms with E-state index in [9.17, 15) is 10.2 Å². The fourth-order valence-corrected chi connectivity index (χ4v) is 3.78. The normalized spacial score (nSPS) is 22.8. The van der Waals surface area contributed by atoms with E-state index >= 15 is 0 Å². The van der Waals surface area contributed by atoms with Crippen molar-refractivity contribution < 1.29 is 10.2 Å². The third-order valence-electron chi connectivity index (χ3n) is 5.05. The van der Waals surface area contributed by atoms with Crippen LogP contribution in [0.3, 0.4) is 0 Å². The topological polar surface area (TPSA) is 59.8 Å². The van der Waals surface area contributed by atoms with E-state index in [0.717, 1.165) is 55.7 Å². The molecule has 0 radical (unpaired) electrons. The number of benzene rings is 1. The molecule has 2 N–H and O–H groups in total. The number of piperidine rings is 1. The van der Waals surface area contributed by atoms with Crippen molar-refractivity contribution in [3.05, 3.63) is 35.4 Å². The van der Waals surface area contributed by atoms with Gasteiger partial charge in [-0.25, -0.2) is 4.98 Å². The molecule has 2 fully saturated rings. The average Bonchev–Trinajstić information content (AvgIpc) is 2.52. The maximum atomic E-state index is 10.0. The lowest BCUT2D eigenvalue weighted by atomic mass is 10.0. The molecule has 1 atom stereocenters. The summed E-state index contributed by atoms with van der Waals surface area (Å²) in [6.45, 7) is 5.95. The van der Waals surface area contributed by atoms with Crippen LogP contribution in [0.4, 0.5) is 5.82 Å². The second-order valence-corrected chi connectivity index (χ2v) is 7.26. The number of hydrogen-bond donors (Lipinski definition) is 2. The highest BCUT2D eigenvalue weighted by Crippen LogP contribution is 2.29. The number of aromatic nitrogens is 1. The summed E-state index contributed by atoms with van der Waals surface area (Å²) in [4.78, 5) is 9.39. The molecule has 2 aromatic rings. The Morgan fingerprint density at radius 1 is 1.12 bits per heavy atom. The number of aliphatic hydroxyl groups is 2. The van der Waals surface area contributed by atoms with Gasteiger partial charge in [-0.2, -0.15) is 0 Å². The number of rotatable bonds is 3. The molecule has 1 aromatic carbocycles. The molecule has 1 unspecified atom stereocenters. The fraction of sp³-hybridized carbons (Fsp3) is 0.526. The minimum absolute atomic E-state index is 0.194. The van der Waals surface area contributed by atoms with E-state index in [-0.39, 0.29) is 12.2 Å². The average molecular weight is 327 g/mol. The van der Waals surface area contributed by atoms with Gasteiger partial charge in [0.25, 0.3) is 0 Å². The first-order valence-corrected chi connectivity index (χ1v) is 8.82. The highest BCUT2D eigenvalue weighted by atomic mass is 16.3. The number of pyridine rings is 1. The van der Waals surface area contributed by atoms with Gasteiger partial charge < -0.3 is 15.1 Å². The zero-order valence-electron chi connectivity index (χ0n) is 14.1. The lowest BCUT2D eigenvalue weighted by molar-refractivity contribution is -0.00283. The molecular formula is C19H25N3O2. The number of β-amino-alcohol motifs (C(OH)–C–C–N with tert-alkyl or cyclic N) is 2. The molecule has 0 aliphatic carbocycles. The van der Waals surface area contributed by atoms with Gasteiger partial charge >= 0.3 is 0 Å². The van der Waals surface area contributed by atoms with Gasteiger partial charge in [0.1, 0.15) is 5.82 Å². The van der Waals surface area contributed by atoms with E-state index in [1.165, 1.54) is 11.1 Å². The predicted molar refractivity (Wildman–Crippen MR) is 95.2 cm³/mol. The predicted octanol–water partition coefficient (Wildman–Crippen LogP) is 1.68. The number of nitrogens with zero attached hydrogens (tertiary/aromatic N) is 3. The van der Waals surface area contributed by atoms with Gasteiger partial charge in [0, 0.05) is 43.7 Å². The SMILES string of the molecule is Cc1ccc2nc(N3CCCC(O)C3)c(CN3CC(O)C3)cc2c1. The van der Waals surface area contributed by atoms with Crippen LogP contribution in [-0.2, 0) is 6.54 Å². The summed E-state index contributed by atoms with van der Waals surface area (Å²) in [5.74, 6) is 0.992. The molecule has 1 aromatic heterocycles. The van der Waals surface area contributed by atoms with Crippen LogP contribution in [0.25, 0.3) is 10.9 Å². The van der Waals surface area contributed by atoms with Crippen LogP contribution in [0, 0.1) is 6.92 Å². The number of likely N-dealkylation sites (tertiary alicyclic amines) is 1. The van der Waals surface area contributed by atoms with E-state index in [1.807, 2.05) is 0 Å². The smallest absolute Gasteiger partial charge is 0.133 e. The molecule has 24 heavy (non-hydrogen) atoms. The maximum Gasteiger partial charge on any atom is 0.133 e. The Labute approximate surface area is 142 Å². The minimum Gasteiger partial charge on any atom is -0.391 e. The van der Waals surface area contributed by atoms with Crippen molar-refractivity contribution in [2.45, 2.75) is 38.5 Å². The van der Waals surface area contributed by atoms with E-state index in [2.05, 4.69) is 41.0 Å². The van der Waals surface area contributed by atoms with Gasteiger partial charge in [0.2, 0.25) is 0 Å². The van der Waals surface area contributed by atoms with Crippen molar-refractivity contribution >= 4 is 16.7 Å². The van der Waals surface area contributed by atoms with Crippen molar-refractivity contribution in [2.75, 3.05) is 31.1 Å². The van der Waals surface area contributed by atoms with Crippen molar-refractivity contribution in [3.63, 3.8) is 0 Å². The molecular weight excluding hydrogens is 302 g/mol. The van der Waals surface area contributed by atoms with Crippen LogP contribution < -0.4 is 4.90 Å². The summed E-state index contributed by atoms with van der Waals surface area (Å²) in [7, 11) is 0. The van der Waals surface area contributed by atoms with Crippen LogP contribution in [0.5, 0.6) is 0 Å². The van der Waals surface area contributed by atoms with Gasteiger partial charge in [-0.1, -0.05) is 11.6 Å². The lowest BCUT2D eigenvalue weighted by Crippen LogP contribution is -2.50. The third-order valence-corrected chi connectivity index (χ3v) is 5.05. The molecule has 0 amide bonds. The van der Waals surface area contributed by atoms with Crippen LogP contribution in [-0.4, -0.2) is 58.5 Å². The number of aliphatic hydroxyl groups excluding tert-OH is 2. The number of fused-ring (bicyclic) bond motifs is 1. The zero-order valence-corrected chi connectivity index (χ0v) is 14.1. The molecule has 5 nitrogen and oxygen atoms in total. The van der Waals surface area contributed by atoms with E-state index in [4.69, 9.17) is 4.98 Å². The highest BCUT2D eigenvalue weighted by Gasteiger charge is 2.27. The van der Waals surface area contributed by atoms with Crippen molar-refractivity contribution in [1.82, 2.24) is 9.88 Å². The van der Waals surface area contributed by atoms with Gasteiger partial charge in [-0.05, 0) is 38.0 Å². The molecule has 0 spiro atoms. The number of aryl methyl sites for hydroxylation is 1. The molecule has 128 valence electrons. The largest absolute Gasteiger partial charge is 0.391 e. The molecule has 2 aliphatic heterocycles. The Bertz CT molecular complexity index is 743. The number of hydrogen-bond acceptors (Lipinski definition) is 5. The zero-order chi connectivity index (χ0) is 16.7. The van der Waals surface area contributed by atoms with Crippen LogP contribution in [0.1, 0.15) is 24.0 Å². The standard InChI is InChI=1S/C19H25N3O2/c1-13-4-5-18-14(7-13)8-15(9-21-10-17(24)11-21)19(20-18)22-6-2-3-16(23)12-22/h4-5,7-8,16-17,23-24H,2-3,6,9-12H2,1H3. The first kappa shape index (κ1) is 15.8. The summed E-state index contributed by atoms with van der Waals surface area (Å²) in [5.41, 5.74) is 3.42. The summed E-state index contributed by atoms with van der Waals surface area (Å²) in [6, 6.07) is 8.57. The fourth-order valence-electron chi connectivity index (χ4n) is 3.78. The van der Waals surface area contributed by atoms with Gasteiger partial charge in [0.15, 0.2) is 0 Å². The molecule has 2 aliphatic rings. The Hall–Kier alpha value is -1.69. The van der Waals surface area contributed by atoms with Crippen molar-refractivity contribution in [2.24, 2.45) is 0 Å². The lowest BCUT2D eigenvalue weighted by Gasteiger charge is -2.38. The second kappa shape index (κ2) is 6.31. The summed E-state index contributed by atoms with van der Waals surface area (Å²) in [6.07, 6.45) is 1.40. The first-order chi connectivity index (χ1) is 11.6. The minimum atomic E-state index is -0.270. The van der Waals surface area contributed by atoms with E-state index < -0.39 is 0 Å². The van der Waals surface area contributed by atoms with Gasteiger partial charge in [0.05, 0.1) is 17.7 Å². The Kier molecular flexibility index (Phi) is 4.16. The summed E-state index contributed by atoms with van der Waals surface area (Å²) >= 11 is 0. The van der Waals surface area contributed by atoms with Crippen LogP contribution >= 0.6 is 0 Å². The van der Waals surface area contributed by atoms with Crippen LogP contribution in [0.2, 0.25) is 0 Å². The monoisotopic (exact) mass is 327 g/mol. The van der Waals surface area contributed by atoms with Gasteiger partial charge in [-0.3, -0.25) is 4.90 Å². The Balaban J connectivity index is 1.72. The summed E-state index contributed by atoms with van der Waals surface area (Å²) < 4.78 is 0. The molecule has 2 saturated heterocycles. The molecule has 5 heteroatoms. The van der Waals surface area contributed by atoms with Crippen molar-refractivity contribution in [3.8, 4) is 0 Å². The first-order valence-electron chi connectivity index (χ1n) is 8.82. The molecule has 3 heterocycles. The Morgan fingerprint density at radius 2 is 1.96 bits per heavy atom. The molecule has 0 saturated carbocycles. The van der Waals surface area contributed by atoms with Crippen LogP contribution in [0.15, 0.2) is 24.3 Å². The Morgan fingerprint density at radius 3 is 2.71 bits per heavy atom. The summed E-state index contributed by atoms with van der Waals surface area (Å²) in [5, 5.41) is 20.8. The molecule has 0 bridgehead atoms. The van der Waals surface area contributed by atoms with Crippen molar-refractivity contribution in [1.29, 1.82) is 0 Å². The second-order valence-electron chi connectivity index (χ2n) is 7.26. The van der Waals surface area contributed by atoms with E-state index in [0.29, 0.717) is 6.54 Å².